The van der Waals surface area contributed by atoms with Gasteiger partial charge < -0.3 is 14.5 Å². The van der Waals surface area contributed by atoms with Gasteiger partial charge in [-0.2, -0.15) is 5.10 Å². The Labute approximate surface area is 134 Å². The number of nitrogens with zero attached hydrogens (tertiary/aromatic N) is 2. The number of amides is 1. The number of aryl methyl sites for hydroxylation is 1. The first-order valence-electron chi connectivity index (χ1n) is 7.53. The lowest BCUT2D eigenvalue weighted by Gasteiger charge is -2.10. The zero-order valence-electron chi connectivity index (χ0n) is 13.4. The lowest BCUT2D eigenvalue weighted by molar-refractivity contribution is 0.0935. The first-order chi connectivity index (χ1) is 11.1. The second-order valence-electron chi connectivity index (χ2n) is 5.35. The van der Waals surface area contributed by atoms with Crippen molar-refractivity contribution in [3.05, 3.63) is 48.0 Å². The smallest absolute Gasteiger partial charge is 0.255 e. The SMILES string of the molecule is CCOc1cccc2cc([C@H](C)NC(=O)c3cnn(C)c3)oc12. The maximum absolute atomic E-state index is 12.2. The van der Waals surface area contributed by atoms with Crippen LogP contribution in [-0.2, 0) is 7.05 Å². The molecule has 0 spiro atoms. The fraction of sp³-hybridized carbons (Fsp3) is 0.294. The molecule has 0 fully saturated rings. The number of nitrogens with one attached hydrogen (secondary N) is 1. The summed E-state index contributed by atoms with van der Waals surface area (Å²) < 4.78 is 13.1. The van der Waals surface area contributed by atoms with Gasteiger partial charge in [-0.05, 0) is 26.0 Å². The van der Waals surface area contributed by atoms with E-state index < -0.39 is 0 Å². The summed E-state index contributed by atoms with van der Waals surface area (Å²) in [6.45, 7) is 4.38. The lowest BCUT2D eigenvalue weighted by Crippen LogP contribution is -2.26. The molecule has 0 aliphatic carbocycles. The molecule has 6 heteroatoms. The molecule has 0 aliphatic heterocycles. The maximum atomic E-state index is 12.2. The van der Waals surface area contributed by atoms with E-state index in [0.717, 1.165) is 5.39 Å². The van der Waals surface area contributed by atoms with E-state index in [9.17, 15) is 4.79 Å². The Morgan fingerprint density at radius 2 is 2.30 bits per heavy atom. The predicted octanol–water partition coefficient (Wildman–Crippen LogP) is 3.06. The van der Waals surface area contributed by atoms with E-state index in [0.29, 0.717) is 29.3 Å². The number of hydrogen-bond acceptors (Lipinski definition) is 4. The number of carbonyl (C=O) groups excluding carboxylic acids is 1. The molecule has 0 bridgehead atoms. The van der Waals surface area contributed by atoms with Crippen molar-refractivity contribution >= 4 is 16.9 Å². The van der Waals surface area contributed by atoms with Crippen molar-refractivity contribution in [1.82, 2.24) is 15.1 Å². The Morgan fingerprint density at radius 1 is 1.48 bits per heavy atom. The molecule has 1 amide bonds. The molecule has 0 saturated heterocycles. The topological polar surface area (TPSA) is 69.3 Å². The van der Waals surface area contributed by atoms with Crippen molar-refractivity contribution in [3.8, 4) is 5.75 Å². The minimum atomic E-state index is -0.260. The molecule has 0 unspecified atom stereocenters. The molecule has 3 rings (SSSR count). The largest absolute Gasteiger partial charge is 0.490 e. The summed E-state index contributed by atoms with van der Waals surface area (Å²) in [4.78, 5) is 12.2. The van der Waals surface area contributed by atoms with Gasteiger partial charge in [0, 0.05) is 18.6 Å². The highest BCUT2D eigenvalue weighted by Gasteiger charge is 2.17. The van der Waals surface area contributed by atoms with E-state index >= 15 is 0 Å². The van der Waals surface area contributed by atoms with Gasteiger partial charge in [0.05, 0.1) is 24.4 Å². The van der Waals surface area contributed by atoms with Crippen LogP contribution in [0.2, 0.25) is 0 Å². The van der Waals surface area contributed by atoms with Gasteiger partial charge in [0.1, 0.15) is 5.76 Å². The molecular weight excluding hydrogens is 294 g/mol. The third-order valence-corrected chi connectivity index (χ3v) is 3.57. The maximum Gasteiger partial charge on any atom is 0.255 e. The summed E-state index contributed by atoms with van der Waals surface area (Å²) in [6, 6.07) is 7.42. The van der Waals surface area contributed by atoms with Crippen LogP contribution >= 0.6 is 0 Å². The summed E-state index contributed by atoms with van der Waals surface area (Å²) in [5, 5.41) is 7.86. The van der Waals surface area contributed by atoms with E-state index in [2.05, 4.69) is 10.4 Å². The molecule has 1 aromatic carbocycles. The van der Waals surface area contributed by atoms with Crippen LogP contribution in [0.1, 0.15) is 36.0 Å². The van der Waals surface area contributed by atoms with Gasteiger partial charge in [0.25, 0.3) is 5.91 Å². The van der Waals surface area contributed by atoms with Crippen molar-refractivity contribution < 1.29 is 13.9 Å². The molecular formula is C17H19N3O3. The summed E-state index contributed by atoms with van der Waals surface area (Å²) in [6.07, 6.45) is 3.21. The Morgan fingerprint density at radius 3 is 3.00 bits per heavy atom. The predicted molar refractivity (Wildman–Crippen MR) is 86.5 cm³/mol. The highest BCUT2D eigenvalue weighted by Crippen LogP contribution is 2.31. The molecule has 23 heavy (non-hydrogen) atoms. The average Bonchev–Trinajstić information content (AvgIpc) is 3.14. The molecule has 2 aromatic heterocycles. The summed E-state index contributed by atoms with van der Waals surface area (Å²) in [5.74, 6) is 1.21. The van der Waals surface area contributed by atoms with E-state index in [-0.39, 0.29) is 11.9 Å². The van der Waals surface area contributed by atoms with E-state index in [1.165, 1.54) is 6.20 Å². The molecule has 2 heterocycles. The van der Waals surface area contributed by atoms with Crippen molar-refractivity contribution in [2.75, 3.05) is 6.61 Å². The minimum Gasteiger partial charge on any atom is -0.490 e. The molecule has 3 aromatic rings. The summed E-state index contributed by atoms with van der Waals surface area (Å²) in [5.41, 5.74) is 1.22. The lowest BCUT2D eigenvalue weighted by atomic mass is 10.2. The number of ether oxygens (including phenoxy) is 1. The van der Waals surface area contributed by atoms with Crippen LogP contribution in [0.4, 0.5) is 0 Å². The zero-order chi connectivity index (χ0) is 16.4. The summed E-state index contributed by atoms with van der Waals surface area (Å²) >= 11 is 0. The van der Waals surface area contributed by atoms with Crippen molar-refractivity contribution in [3.63, 3.8) is 0 Å². The molecule has 0 saturated carbocycles. The zero-order valence-corrected chi connectivity index (χ0v) is 13.4. The third kappa shape index (κ3) is 3.06. The van der Waals surface area contributed by atoms with Gasteiger partial charge in [-0.1, -0.05) is 12.1 Å². The molecule has 1 atom stereocenters. The first kappa shape index (κ1) is 15.1. The van der Waals surface area contributed by atoms with Gasteiger partial charge >= 0.3 is 0 Å². The van der Waals surface area contributed by atoms with Gasteiger partial charge in [-0.3, -0.25) is 9.48 Å². The number of fused-ring (bicyclic) bond motifs is 1. The first-order valence-corrected chi connectivity index (χ1v) is 7.53. The van der Waals surface area contributed by atoms with Crippen molar-refractivity contribution in [2.45, 2.75) is 19.9 Å². The van der Waals surface area contributed by atoms with Crippen molar-refractivity contribution in [2.24, 2.45) is 7.05 Å². The number of hydrogen-bond donors (Lipinski definition) is 1. The van der Waals surface area contributed by atoms with Crippen LogP contribution < -0.4 is 10.1 Å². The van der Waals surface area contributed by atoms with Crippen LogP contribution in [0, 0.1) is 0 Å². The fourth-order valence-electron chi connectivity index (χ4n) is 2.43. The number of para-hydroxylation sites is 1. The normalized spacial score (nSPS) is 12.3. The third-order valence-electron chi connectivity index (χ3n) is 3.57. The van der Waals surface area contributed by atoms with Crippen LogP contribution in [0.5, 0.6) is 5.75 Å². The highest BCUT2D eigenvalue weighted by atomic mass is 16.5. The quantitative estimate of drug-likeness (QED) is 0.786. The molecule has 6 nitrogen and oxygen atoms in total. The van der Waals surface area contributed by atoms with E-state index in [1.54, 1.807) is 17.9 Å². The van der Waals surface area contributed by atoms with Gasteiger partial charge in [-0.25, -0.2) is 0 Å². The Kier molecular flexibility index (Phi) is 4.06. The molecule has 1 N–H and O–H groups in total. The number of furan rings is 1. The Hall–Kier alpha value is -2.76. The van der Waals surface area contributed by atoms with E-state index in [4.69, 9.17) is 9.15 Å². The number of carbonyl (C=O) groups is 1. The molecule has 0 radical (unpaired) electrons. The van der Waals surface area contributed by atoms with Gasteiger partial charge in [-0.15, -0.1) is 0 Å². The number of benzene rings is 1. The number of aromatic nitrogens is 2. The van der Waals surface area contributed by atoms with Gasteiger partial charge in [0.2, 0.25) is 0 Å². The molecule has 120 valence electrons. The van der Waals surface area contributed by atoms with Crippen LogP contribution in [0.25, 0.3) is 11.0 Å². The Balaban J connectivity index is 1.82. The average molecular weight is 313 g/mol. The van der Waals surface area contributed by atoms with Crippen LogP contribution in [0.3, 0.4) is 0 Å². The second kappa shape index (κ2) is 6.16. The monoisotopic (exact) mass is 313 g/mol. The standard InChI is InChI=1S/C17H19N3O3/c1-4-22-14-7-5-6-12-8-15(23-16(12)14)11(2)19-17(21)13-9-18-20(3)10-13/h5-11H,4H2,1-3H3,(H,19,21)/t11-/m0/s1. The Bertz CT molecular complexity index is 835. The molecule has 0 aliphatic rings. The van der Waals surface area contributed by atoms with Crippen LogP contribution in [0.15, 0.2) is 41.1 Å². The number of rotatable bonds is 5. The van der Waals surface area contributed by atoms with E-state index in [1.807, 2.05) is 38.1 Å². The fourth-order valence-corrected chi connectivity index (χ4v) is 2.43. The van der Waals surface area contributed by atoms with Gasteiger partial charge in [0.15, 0.2) is 11.3 Å². The highest BCUT2D eigenvalue weighted by molar-refractivity contribution is 5.94. The van der Waals surface area contributed by atoms with Crippen molar-refractivity contribution in [1.29, 1.82) is 0 Å². The minimum absolute atomic E-state index is 0.184. The summed E-state index contributed by atoms with van der Waals surface area (Å²) in [7, 11) is 1.77. The second-order valence-corrected chi connectivity index (χ2v) is 5.35. The van der Waals surface area contributed by atoms with Crippen LogP contribution in [-0.4, -0.2) is 22.3 Å².